The van der Waals surface area contributed by atoms with Crippen molar-refractivity contribution in [2.45, 2.75) is 18.2 Å². The Morgan fingerprint density at radius 3 is 2.70 bits per heavy atom. The zero-order valence-corrected chi connectivity index (χ0v) is 14.4. The highest BCUT2D eigenvalue weighted by molar-refractivity contribution is 7.98. The topological polar surface area (TPSA) is 75.2 Å². The number of aryl methyl sites for hydroxylation is 1. The van der Waals surface area contributed by atoms with Crippen molar-refractivity contribution in [2.24, 2.45) is 5.92 Å². The number of rotatable bonds is 4. The predicted octanol–water partition coefficient (Wildman–Crippen LogP) is 2.56. The molecule has 6 nitrogen and oxygen atoms in total. The number of aromatic nitrogens is 2. The van der Waals surface area contributed by atoms with E-state index in [9.17, 15) is 9.59 Å². The third-order valence-corrected chi connectivity index (χ3v) is 5.13. The maximum Gasteiger partial charge on any atom is 0.231 e. The smallest absolute Gasteiger partial charge is 0.231 e. The fourth-order valence-corrected chi connectivity index (χ4v) is 3.45. The van der Waals surface area contributed by atoms with Crippen LogP contribution in [0.25, 0.3) is 0 Å². The standard InChI is InChI=1S/C15H16N4O2S2/c1-9-17-18-15(23-9)16-14(21)10-7-13(20)19(8-10)11-3-5-12(22-2)6-4-11/h3-6,10H,7-8H2,1-2H3,(H,16,18,21). The van der Waals surface area contributed by atoms with E-state index in [2.05, 4.69) is 15.5 Å². The maximum absolute atomic E-state index is 12.3. The Morgan fingerprint density at radius 1 is 1.35 bits per heavy atom. The number of amides is 2. The zero-order chi connectivity index (χ0) is 16.4. The van der Waals surface area contributed by atoms with Gasteiger partial charge >= 0.3 is 0 Å². The molecule has 1 aliphatic heterocycles. The van der Waals surface area contributed by atoms with Gasteiger partial charge in [-0.2, -0.15) is 0 Å². The van der Waals surface area contributed by atoms with Gasteiger partial charge in [0.1, 0.15) is 5.01 Å². The molecule has 2 amide bonds. The van der Waals surface area contributed by atoms with E-state index in [1.54, 1.807) is 16.7 Å². The van der Waals surface area contributed by atoms with Crippen LogP contribution in [0.15, 0.2) is 29.2 Å². The molecule has 0 radical (unpaired) electrons. The number of carbonyl (C=O) groups is 2. The van der Waals surface area contributed by atoms with E-state index >= 15 is 0 Å². The number of hydrogen-bond acceptors (Lipinski definition) is 6. The van der Waals surface area contributed by atoms with Crippen LogP contribution in [-0.2, 0) is 9.59 Å². The van der Waals surface area contributed by atoms with E-state index in [4.69, 9.17) is 0 Å². The van der Waals surface area contributed by atoms with Gasteiger partial charge < -0.3 is 10.2 Å². The molecule has 0 bridgehead atoms. The van der Waals surface area contributed by atoms with Crippen molar-refractivity contribution in [3.05, 3.63) is 29.3 Å². The van der Waals surface area contributed by atoms with E-state index < -0.39 is 0 Å². The van der Waals surface area contributed by atoms with Crippen molar-refractivity contribution in [1.29, 1.82) is 0 Å². The zero-order valence-electron chi connectivity index (χ0n) is 12.8. The second kappa shape index (κ2) is 6.67. The maximum atomic E-state index is 12.3. The molecule has 0 spiro atoms. The van der Waals surface area contributed by atoms with E-state index in [1.165, 1.54) is 11.3 Å². The summed E-state index contributed by atoms with van der Waals surface area (Å²) in [5, 5.41) is 11.7. The minimum atomic E-state index is -0.369. The van der Waals surface area contributed by atoms with E-state index in [0.29, 0.717) is 11.7 Å². The molecule has 1 atom stereocenters. The number of nitrogens with zero attached hydrogens (tertiary/aromatic N) is 3. The number of thioether (sulfide) groups is 1. The highest BCUT2D eigenvalue weighted by atomic mass is 32.2. The predicted molar refractivity (Wildman–Crippen MR) is 92.0 cm³/mol. The average molecular weight is 348 g/mol. The van der Waals surface area contributed by atoms with Gasteiger partial charge in [-0.05, 0) is 37.4 Å². The van der Waals surface area contributed by atoms with Gasteiger partial charge in [0.05, 0.1) is 5.92 Å². The van der Waals surface area contributed by atoms with Crippen LogP contribution in [0.3, 0.4) is 0 Å². The van der Waals surface area contributed by atoms with Gasteiger partial charge in [0.15, 0.2) is 0 Å². The lowest BCUT2D eigenvalue weighted by Crippen LogP contribution is -2.28. The first kappa shape index (κ1) is 15.9. The Bertz CT molecular complexity index is 729. The van der Waals surface area contributed by atoms with Crippen LogP contribution >= 0.6 is 23.1 Å². The fraction of sp³-hybridized carbons (Fsp3) is 0.333. The molecule has 1 N–H and O–H groups in total. The molecule has 1 unspecified atom stereocenters. The van der Waals surface area contributed by atoms with Crippen LogP contribution in [0.2, 0.25) is 0 Å². The van der Waals surface area contributed by atoms with E-state index in [1.807, 2.05) is 37.4 Å². The van der Waals surface area contributed by atoms with E-state index in [0.717, 1.165) is 15.6 Å². The molecule has 2 aromatic rings. The third-order valence-electron chi connectivity index (χ3n) is 3.64. The van der Waals surface area contributed by atoms with Crippen molar-refractivity contribution < 1.29 is 9.59 Å². The summed E-state index contributed by atoms with van der Waals surface area (Å²) < 4.78 is 0. The Kier molecular flexibility index (Phi) is 4.63. The minimum Gasteiger partial charge on any atom is -0.312 e. The lowest BCUT2D eigenvalue weighted by atomic mass is 10.1. The molecule has 8 heteroatoms. The third kappa shape index (κ3) is 3.53. The molecule has 1 aromatic carbocycles. The van der Waals surface area contributed by atoms with Gasteiger partial charge in [-0.1, -0.05) is 11.3 Å². The van der Waals surface area contributed by atoms with Crippen LogP contribution in [0.1, 0.15) is 11.4 Å². The lowest BCUT2D eigenvalue weighted by Gasteiger charge is -2.16. The molecule has 3 rings (SSSR count). The molecule has 2 heterocycles. The second-order valence-corrected chi connectivity index (χ2v) is 7.28. The Labute approximate surface area is 142 Å². The molecule has 1 aliphatic rings. The summed E-state index contributed by atoms with van der Waals surface area (Å²) in [6.45, 7) is 2.22. The molecule has 120 valence electrons. The number of benzene rings is 1. The summed E-state index contributed by atoms with van der Waals surface area (Å²) in [7, 11) is 0. The van der Waals surface area contributed by atoms with Crippen LogP contribution in [-0.4, -0.2) is 34.8 Å². The Balaban J connectivity index is 1.67. The number of nitrogens with one attached hydrogen (secondary N) is 1. The summed E-state index contributed by atoms with van der Waals surface area (Å²) in [5.41, 5.74) is 0.829. The summed E-state index contributed by atoms with van der Waals surface area (Å²) in [6.07, 6.45) is 2.22. The lowest BCUT2D eigenvalue weighted by molar-refractivity contribution is -0.122. The minimum absolute atomic E-state index is 0.0319. The van der Waals surface area contributed by atoms with Gasteiger partial charge in [-0.25, -0.2) is 0 Å². The highest BCUT2D eigenvalue weighted by Gasteiger charge is 2.35. The molecular formula is C15H16N4O2S2. The molecule has 23 heavy (non-hydrogen) atoms. The van der Waals surface area contributed by atoms with Crippen molar-refractivity contribution in [1.82, 2.24) is 10.2 Å². The summed E-state index contributed by atoms with van der Waals surface area (Å²) in [6, 6.07) is 7.78. The first-order chi connectivity index (χ1) is 11.1. The normalized spacial score (nSPS) is 17.6. The number of carbonyl (C=O) groups excluding carboxylic acids is 2. The molecule has 1 fully saturated rings. The summed E-state index contributed by atoms with van der Waals surface area (Å²) >= 11 is 2.97. The van der Waals surface area contributed by atoms with Crippen LogP contribution in [0, 0.1) is 12.8 Å². The van der Waals surface area contributed by atoms with Crippen LogP contribution < -0.4 is 10.2 Å². The van der Waals surface area contributed by atoms with Gasteiger partial charge in [0, 0.05) is 23.5 Å². The quantitative estimate of drug-likeness (QED) is 0.860. The first-order valence-electron chi connectivity index (χ1n) is 7.12. The van der Waals surface area contributed by atoms with Gasteiger partial charge in [-0.15, -0.1) is 22.0 Å². The van der Waals surface area contributed by atoms with Gasteiger partial charge in [0.2, 0.25) is 16.9 Å². The first-order valence-corrected chi connectivity index (χ1v) is 9.16. The van der Waals surface area contributed by atoms with Crippen molar-refractivity contribution in [3.63, 3.8) is 0 Å². The van der Waals surface area contributed by atoms with E-state index in [-0.39, 0.29) is 24.2 Å². The molecule has 0 saturated carbocycles. The van der Waals surface area contributed by atoms with Gasteiger partial charge in [-0.3, -0.25) is 9.59 Å². The SMILES string of the molecule is CSc1ccc(N2CC(C(=O)Nc3nnc(C)s3)CC2=O)cc1. The fourth-order valence-electron chi connectivity index (χ4n) is 2.45. The van der Waals surface area contributed by atoms with Gasteiger partial charge in [0.25, 0.3) is 0 Å². The van der Waals surface area contributed by atoms with Crippen molar-refractivity contribution >= 4 is 45.7 Å². The second-order valence-electron chi connectivity index (χ2n) is 5.22. The molecule has 1 saturated heterocycles. The Hall–Kier alpha value is -1.93. The summed E-state index contributed by atoms with van der Waals surface area (Å²) in [4.78, 5) is 27.3. The largest absolute Gasteiger partial charge is 0.312 e. The molecular weight excluding hydrogens is 332 g/mol. The number of anilines is 2. The van der Waals surface area contributed by atoms with Crippen molar-refractivity contribution in [3.8, 4) is 0 Å². The summed E-state index contributed by atoms with van der Waals surface area (Å²) in [5.74, 6) is -0.583. The van der Waals surface area contributed by atoms with Crippen LogP contribution in [0.4, 0.5) is 10.8 Å². The monoisotopic (exact) mass is 348 g/mol. The Morgan fingerprint density at radius 2 is 2.09 bits per heavy atom. The average Bonchev–Trinajstić information content (AvgIpc) is 3.13. The highest BCUT2D eigenvalue weighted by Crippen LogP contribution is 2.28. The number of hydrogen-bond donors (Lipinski definition) is 1. The van der Waals surface area contributed by atoms with Crippen LogP contribution in [0.5, 0.6) is 0 Å². The molecule has 0 aliphatic carbocycles. The van der Waals surface area contributed by atoms with Crippen molar-refractivity contribution in [2.75, 3.05) is 23.0 Å². The molecule has 1 aromatic heterocycles.